The molecule has 0 aromatic heterocycles. The van der Waals surface area contributed by atoms with E-state index in [1.807, 2.05) is 6.92 Å². The molecule has 0 spiro atoms. The van der Waals surface area contributed by atoms with Crippen molar-refractivity contribution in [3.8, 4) is 0 Å². The van der Waals surface area contributed by atoms with Gasteiger partial charge in [-0.15, -0.1) is 0 Å². The van der Waals surface area contributed by atoms with Crippen molar-refractivity contribution in [2.45, 2.75) is 11.8 Å². The first-order valence-corrected chi connectivity index (χ1v) is 8.12. The summed E-state index contributed by atoms with van der Waals surface area (Å²) in [6.07, 6.45) is 0. The van der Waals surface area contributed by atoms with Gasteiger partial charge in [-0.05, 0) is 19.1 Å². The van der Waals surface area contributed by atoms with Crippen molar-refractivity contribution in [2.24, 2.45) is 10.9 Å². The van der Waals surface area contributed by atoms with Gasteiger partial charge in [0.1, 0.15) is 0 Å². The molecule has 0 radical (unpaired) electrons. The minimum atomic E-state index is -3.48. The molecule has 8 heteroatoms. The Morgan fingerprint density at radius 2 is 2.00 bits per heavy atom. The smallest absolute Gasteiger partial charge is 0.180 e. The van der Waals surface area contributed by atoms with E-state index in [0.29, 0.717) is 25.4 Å². The number of hydrogen-bond donors (Lipinski definition) is 2. The third-order valence-corrected chi connectivity index (χ3v) is 4.35. The summed E-state index contributed by atoms with van der Waals surface area (Å²) in [6, 6.07) is 5.93. The maximum absolute atomic E-state index is 12.1. The Balaban J connectivity index is 2.62. The molecule has 0 aliphatic carbocycles. The molecule has 0 heterocycles. The van der Waals surface area contributed by atoms with Crippen LogP contribution in [0.2, 0.25) is 0 Å². The lowest BCUT2D eigenvalue weighted by Crippen LogP contribution is -2.17. The molecule has 3 N–H and O–H groups in total. The number of nitrogens with zero attached hydrogens (tertiary/aromatic N) is 1. The Morgan fingerprint density at radius 1 is 1.29 bits per heavy atom. The van der Waals surface area contributed by atoms with Crippen LogP contribution in [-0.4, -0.2) is 51.6 Å². The standard InChI is InChI=1S/C13H20N2O5S/c1-2-19-6-7-20-8-9-21(17,18)12-5-3-4-11(10-12)13(14)15-16/h3-5,10,16H,2,6-9H2,1H3,(H2,14,15). The summed E-state index contributed by atoms with van der Waals surface area (Å²) in [4.78, 5) is 0.111. The van der Waals surface area contributed by atoms with Gasteiger partial charge >= 0.3 is 0 Å². The van der Waals surface area contributed by atoms with Gasteiger partial charge in [-0.3, -0.25) is 0 Å². The van der Waals surface area contributed by atoms with Crippen LogP contribution in [-0.2, 0) is 19.3 Å². The molecule has 7 nitrogen and oxygen atoms in total. The van der Waals surface area contributed by atoms with Crippen LogP contribution in [0, 0.1) is 0 Å². The van der Waals surface area contributed by atoms with Crippen LogP contribution in [0.4, 0.5) is 0 Å². The summed E-state index contributed by atoms with van der Waals surface area (Å²) in [7, 11) is -3.48. The van der Waals surface area contributed by atoms with Crippen LogP contribution in [0.25, 0.3) is 0 Å². The van der Waals surface area contributed by atoms with Gasteiger partial charge in [0.2, 0.25) is 0 Å². The van der Waals surface area contributed by atoms with Crippen LogP contribution in [0.1, 0.15) is 12.5 Å². The van der Waals surface area contributed by atoms with E-state index in [2.05, 4.69) is 5.16 Å². The van der Waals surface area contributed by atoms with Crippen LogP contribution in [0.5, 0.6) is 0 Å². The van der Waals surface area contributed by atoms with Crippen molar-refractivity contribution in [1.82, 2.24) is 0 Å². The van der Waals surface area contributed by atoms with Gasteiger partial charge in [-0.1, -0.05) is 17.3 Å². The number of rotatable bonds is 9. The number of amidine groups is 1. The summed E-state index contributed by atoms with van der Waals surface area (Å²) in [6.45, 7) is 3.35. The van der Waals surface area contributed by atoms with Crippen molar-refractivity contribution >= 4 is 15.7 Å². The van der Waals surface area contributed by atoms with Gasteiger partial charge in [0.15, 0.2) is 15.7 Å². The Kier molecular flexibility index (Phi) is 7.13. The number of nitrogens with two attached hydrogens (primary N) is 1. The second-order valence-electron chi connectivity index (χ2n) is 4.14. The number of hydrogen-bond acceptors (Lipinski definition) is 6. The summed E-state index contributed by atoms with van der Waals surface area (Å²) >= 11 is 0. The largest absolute Gasteiger partial charge is 0.409 e. The highest BCUT2D eigenvalue weighted by molar-refractivity contribution is 7.91. The number of oxime groups is 1. The number of sulfone groups is 1. The molecule has 0 unspecified atom stereocenters. The van der Waals surface area contributed by atoms with E-state index in [1.54, 1.807) is 6.07 Å². The molecule has 1 aromatic carbocycles. The van der Waals surface area contributed by atoms with Gasteiger partial charge in [0.05, 0.1) is 30.5 Å². The highest BCUT2D eigenvalue weighted by Crippen LogP contribution is 2.13. The van der Waals surface area contributed by atoms with Gasteiger partial charge in [0.25, 0.3) is 0 Å². The fraction of sp³-hybridized carbons (Fsp3) is 0.462. The molecule has 0 saturated carbocycles. The third-order valence-electron chi connectivity index (χ3n) is 2.67. The first-order valence-electron chi connectivity index (χ1n) is 6.47. The van der Waals surface area contributed by atoms with Crippen molar-refractivity contribution < 1.29 is 23.1 Å². The number of ether oxygens (including phenoxy) is 2. The van der Waals surface area contributed by atoms with Crippen LogP contribution in [0.15, 0.2) is 34.3 Å². The molecule has 1 aromatic rings. The van der Waals surface area contributed by atoms with E-state index in [-0.39, 0.29) is 23.1 Å². The molecular formula is C13H20N2O5S. The average Bonchev–Trinajstić information content (AvgIpc) is 2.50. The lowest BCUT2D eigenvalue weighted by Gasteiger charge is -2.07. The van der Waals surface area contributed by atoms with E-state index in [4.69, 9.17) is 20.4 Å². The molecule has 0 fully saturated rings. The summed E-state index contributed by atoms with van der Waals surface area (Å²) in [5, 5.41) is 11.5. The first-order chi connectivity index (χ1) is 10.0. The van der Waals surface area contributed by atoms with Gasteiger partial charge in [-0.25, -0.2) is 8.42 Å². The van der Waals surface area contributed by atoms with Crippen molar-refractivity contribution in [1.29, 1.82) is 0 Å². The molecule has 118 valence electrons. The molecular weight excluding hydrogens is 296 g/mol. The second-order valence-corrected chi connectivity index (χ2v) is 6.25. The van der Waals surface area contributed by atoms with Gasteiger partial charge in [0, 0.05) is 12.2 Å². The highest BCUT2D eigenvalue weighted by Gasteiger charge is 2.15. The minimum Gasteiger partial charge on any atom is -0.409 e. The Morgan fingerprint density at radius 3 is 2.67 bits per heavy atom. The quantitative estimate of drug-likeness (QED) is 0.227. The maximum Gasteiger partial charge on any atom is 0.180 e. The second kappa shape index (κ2) is 8.60. The zero-order chi connectivity index (χ0) is 15.7. The van der Waals surface area contributed by atoms with E-state index in [1.165, 1.54) is 18.2 Å². The molecule has 0 saturated heterocycles. The maximum atomic E-state index is 12.1. The fourth-order valence-electron chi connectivity index (χ4n) is 1.56. The van der Waals surface area contributed by atoms with Gasteiger partial charge in [-0.2, -0.15) is 0 Å². The molecule has 0 atom stereocenters. The zero-order valence-electron chi connectivity index (χ0n) is 11.9. The van der Waals surface area contributed by atoms with Crippen LogP contribution < -0.4 is 5.73 Å². The van der Waals surface area contributed by atoms with Gasteiger partial charge < -0.3 is 20.4 Å². The predicted octanol–water partition coefficient (Wildman–Crippen LogP) is 0.608. The third kappa shape index (κ3) is 5.70. The monoisotopic (exact) mass is 316 g/mol. The first kappa shape index (κ1) is 17.4. The summed E-state index contributed by atoms with van der Waals surface area (Å²) < 4.78 is 34.5. The van der Waals surface area contributed by atoms with E-state index in [0.717, 1.165) is 0 Å². The van der Waals surface area contributed by atoms with E-state index >= 15 is 0 Å². The Labute approximate surface area is 124 Å². The zero-order valence-corrected chi connectivity index (χ0v) is 12.7. The van der Waals surface area contributed by atoms with Crippen LogP contribution in [0.3, 0.4) is 0 Å². The summed E-state index contributed by atoms with van der Waals surface area (Å²) in [5.41, 5.74) is 5.78. The molecule has 0 aliphatic heterocycles. The minimum absolute atomic E-state index is 0.0865. The van der Waals surface area contributed by atoms with Crippen molar-refractivity contribution in [3.05, 3.63) is 29.8 Å². The average molecular weight is 316 g/mol. The molecule has 0 amide bonds. The Hall–Kier alpha value is -1.64. The molecule has 1 rings (SSSR count). The summed E-state index contributed by atoms with van der Waals surface area (Å²) in [5.74, 6) is -0.279. The molecule has 0 bridgehead atoms. The van der Waals surface area contributed by atoms with Crippen molar-refractivity contribution in [2.75, 3.05) is 32.2 Å². The lowest BCUT2D eigenvalue weighted by molar-refractivity contribution is 0.0590. The van der Waals surface area contributed by atoms with Crippen molar-refractivity contribution in [3.63, 3.8) is 0 Å². The van der Waals surface area contributed by atoms with Crippen LogP contribution >= 0.6 is 0 Å². The lowest BCUT2D eigenvalue weighted by atomic mass is 10.2. The topological polar surface area (TPSA) is 111 Å². The molecule has 21 heavy (non-hydrogen) atoms. The SMILES string of the molecule is CCOCCOCCS(=O)(=O)c1cccc(/C(N)=N/O)c1. The highest BCUT2D eigenvalue weighted by atomic mass is 32.2. The normalized spacial score (nSPS) is 12.5. The van der Waals surface area contributed by atoms with E-state index in [9.17, 15) is 8.42 Å². The molecule has 0 aliphatic rings. The van der Waals surface area contributed by atoms with E-state index < -0.39 is 9.84 Å². The predicted molar refractivity (Wildman–Crippen MR) is 78.3 cm³/mol. The Bertz CT molecular complexity index is 572. The number of benzene rings is 1. The fourth-order valence-corrected chi connectivity index (χ4v) is 2.72.